The molecule has 4 heterocycles. The number of carbonyl (C=O) groups is 2. The maximum Gasteiger partial charge on any atom is 0.417 e. The van der Waals surface area contributed by atoms with Crippen LogP contribution in [0.4, 0.5) is 19.0 Å². The zero-order chi connectivity index (χ0) is 21.5. The topological polar surface area (TPSA) is 95.0 Å². The summed E-state index contributed by atoms with van der Waals surface area (Å²) < 4.78 is 44.2. The molecule has 3 atom stereocenters. The third kappa shape index (κ3) is 4.14. The molecule has 4 rings (SSSR count). The first-order valence-corrected chi connectivity index (χ1v) is 9.89. The molecule has 0 aliphatic carbocycles. The van der Waals surface area contributed by atoms with E-state index in [-0.39, 0.29) is 49.6 Å². The average Bonchev–Trinajstić information content (AvgIpc) is 2.67. The van der Waals surface area contributed by atoms with Gasteiger partial charge in [-0.05, 0) is 19.0 Å². The molecule has 1 amide bonds. The second-order valence-electron chi connectivity index (χ2n) is 7.84. The molecule has 11 heteroatoms. The highest BCUT2D eigenvalue weighted by molar-refractivity contribution is 6.03. The fraction of sp³-hybridized carbons (Fsp3) is 0.632. The number of aliphatic hydroxyl groups excluding tert-OH is 1. The second kappa shape index (κ2) is 8.12. The van der Waals surface area contributed by atoms with Crippen molar-refractivity contribution in [1.82, 2.24) is 15.2 Å². The maximum atomic E-state index is 12.9. The van der Waals surface area contributed by atoms with E-state index in [9.17, 15) is 27.9 Å². The number of Topliss-reactive ketones (excluding diaryl/α,β-unsaturated/α-hetero) is 1. The number of ether oxygens (including phenoxy) is 1. The van der Waals surface area contributed by atoms with Crippen LogP contribution in [0.3, 0.4) is 0 Å². The molecule has 30 heavy (non-hydrogen) atoms. The van der Waals surface area contributed by atoms with Gasteiger partial charge in [0.2, 0.25) is 0 Å². The van der Waals surface area contributed by atoms with Crippen molar-refractivity contribution in [3.05, 3.63) is 23.4 Å². The fourth-order valence-electron chi connectivity index (χ4n) is 3.97. The summed E-state index contributed by atoms with van der Waals surface area (Å²) in [6.07, 6.45) is -4.15. The van der Waals surface area contributed by atoms with Crippen molar-refractivity contribution in [3.8, 4) is 0 Å². The largest absolute Gasteiger partial charge is 0.417 e. The van der Waals surface area contributed by atoms with Crippen molar-refractivity contribution in [3.63, 3.8) is 0 Å². The number of piperazine rings is 1. The van der Waals surface area contributed by atoms with Crippen molar-refractivity contribution in [1.29, 1.82) is 0 Å². The van der Waals surface area contributed by atoms with Crippen molar-refractivity contribution in [2.45, 2.75) is 37.2 Å². The third-order valence-electron chi connectivity index (χ3n) is 5.79. The quantitative estimate of drug-likeness (QED) is 0.703. The van der Waals surface area contributed by atoms with Crippen LogP contribution >= 0.6 is 0 Å². The van der Waals surface area contributed by atoms with E-state index in [0.717, 1.165) is 25.2 Å². The van der Waals surface area contributed by atoms with Gasteiger partial charge in [-0.1, -0.05) is 0 Å². The Labute approximate surface area is 171 Å². The molecule has 164 valence electrons. The van der Waals surface area contributed by atoms with E-state index in [1.54, 1.807) is 4.90 Å². The van der Waals surface area contributed by atoms with Crippen LogP contribution in [0.15, 0.2) is 12.3 Å². The molecule has 2 saturated heterocycles. The standard InChI is InChI=1S/C19H23F3N4O4/c20-19(21,22)11-5-14-15(27)6-13-8-25(3-4-26(13)17(14)24-7-11)18(29)16(28)10-30-9-12-1-2-23-12/h5,7,12-13,16,23,28H,1-4,6,8-10H2/t12-,13?,16?/m0/s1. The summed E-state index contributed by atoms with van der Waals surface area (Å²) in [5.41, 5.74) is -0.999. The van der Waals surface area contributed by atoms with Gasteiger partial charge in [0.15, 0.2) is 11.9 Å². The Kier molecular flexibility index (Phi) is 5.69. The predicted octanol–water partition coefficient (Wildman–Crippen LogP) is 0.443. The number of hydrogen-bond acceptors (Lipinski definition) is 7. The number of fused-ring (bicyclic) bond motifs is 3. The summed E-state index contributed by atoms with van der Waals surface area (Å²) in [5, 5.41) is 13.3. The lowest BCUT2D eigenvalue weighted by Gasteiger charge is -2.45. The molecule has 0 saturated carbocycles. The van der Waals surface area contributed by atoms with Crippen LogP contribution in [0.25, 0.3) is 0 Å². The molecule has 0 radical (unpaired) electrons. The van der Waals surface area contributed by atoms with Gasteiger partial charge in [-0.25, -0.2) is 4.98 Å². The van der Waals surface area contributed by atoms with Gasteiger partial charge in [0.1, 0.15) is 5.82 Å². The smallest absolute Gasteiger partial charge is 0.381 e. The van der Waals surface area contributed by atoms with Crippen LogP contribution in [0.1, 0.15) is 28.8 Å². The number of ketones is 1. The molecule has 1 aromatic rings. The van der Waals surface area contributed by atoms with Gasteiger partial charge in [0.05, 0.1) is 30.4 Å². The van der Waals surface area contributed by atoms with E-state index in [0.29, 0.717) is 13.2 Å². The molecule has 3 aliphatic rings. The monoisotopic (exact) mass is 428 g/mol. The molecule has 2 N–H and O–H groups in total. The number of hydrogen-bond donors (Lipinski definition) is 2. The number of nitrogens with one attached hydrogen (secondary N) is 1. The van der Waals surface area contributed by atoms with Crippen molar-refractivity contribution in [2.24, 2.45) is 0 Å². The Hall–Kier alpha value is -2.24. The maximum absolute atomic E-state index is 12.9. The first-order valence-electron chi connectivity index (χ1n) is 9.89. The molecular formula is C19H23F3N4O4. The molecule has 1 aromatic heterocycles. The van der Waals surface area contributed by atoms with E-state index in [2.05, 4.69) is 10.3 Å². The predicted molar refractivity (Wildman–Crippen MR) is 99.1 cm³/mol. The van der Waals surface area contributed by atoms with Gasteiger partial charge in [-0.3, -0.25) is 9.59 Å². The SMILES string of the molecule is O=C1CC2CN(C(=O)C(O)COC[C@@H]3CCN3)CCN2c2ncc(C(F)(F)F)cc21. The molecule has 2 unspecified atom stereocenters. The minimum absolute atomic E-state index is 0.0142. The molecular weight excluding hydrogens is 405 g/mol. The Morgan fingerprint density at radius 1 is 1.40 bits per heavy atom. The van der Waals surface area contributed by atoms with E-state index in [4.69, 9.17) is 4.74 Å². The number of aromatic nitrogens is 1. The number of carbonyl (C=O) groups excluding carboxylic acids is 2. The molecule has 8 nitrogen and oxygen atoms in total. The summed E-state index contributed by atoms with van der Waals surface area (Å²) in [7, 11) is 0. The second-order valence-corrected chi connectivity index (χ2v) is 7.84. The van der Waals surface area contributed by atoms with Gasteiger partial charge in [0.25, 0.3) is 5.91 Å². The highest BCUT2D eigenvalue weighted by Crippen LogP contribution is 2.36. The van der Waals surface area contributed by atoms with Gasteiger partial charge < -0.3 is 25.0 Å². The van der Waals surface area contributed by atoms with Gasteiger partial charge in [-0.15, -0.1) is 0 Å². The van der Waals surface area contributed by atoms with E-state index in [1.165, 1.54) is 4.90 Å². The summed E-state index contributed by atoms with van der Waals surface area (Å²) >= 11 is 0. The van der Waals surface area contributed by atoms with Crippen LogP contribution in [0.2, 0.25) is 0 Å². The number of rotatable bonds is 5. The summed E-state index contributed by atoms with van der Waals surface area (Å²) in [4.78, 5) is 32.1. The number of aliphatic hydroxyl groups is 1. The number of alkyl halides is 3. The Morgan fingerprint density at radius 2 is 2.17 bits per heavy atom. The first kappa shape index (κ1) is 21.0. The van der Waals surface area contributed by atoms with Gasteiger partial charge in [-0.2, -0.15) is 13.2 Å². The molecule has 0 aromatic carbocycles. The van der Waals surface area contributed by atoms with Crippen LogP contribution < -0.4 is 10.2 Å². The number of anilines is 1. The van der Waals surface area contributed by atoms with Crippen LogP contribution in [0.5, 0.6) is 0 Å². The minimum atomic E-state index is -4.57. The highest BCUT2D eigenvalue weighted by Gasteiger charge is 2.40. The van der Waals surface area contributed by atoms with Crippen molar-refractivity contribution in [2.75, 3.05) is 44.3 Å². The van der Waals surface area contributed by atoms with Crippen LogP contribution in [-0.4, -0.2) is 84.3 Å². The van der Waals surface area contributed by atoms with Gasteiger partial charge >= 0.3 is 6.18 Å². The average molecular weight is 428 g/mol. The lowest BCUT2D eigenvalue weighted by molar-refractivity contribution is -0.144. The summed E-state index contributed by atoms with van der Waals surface area (Å²) in [5.74, 6) is -0.695. The van der Waals surface area contributed by atoms with Crippen molar-refractivity contribution < 1.29 is 32.6 Å². The Morgan fingerprint density at radius 3 is 2.83 bits per heavy atom. The molecule has 2 fully saturated rings. The normalized spacial score (nSPS) is 24.7. The van der Waals surface area contributed by atoms with Crippen molar-refractivity contribution >= 4 is 17.5 Å². The summed E-state index contributed by atoms with van der Waals surface area (Å²) in [6, 6.07) is 0.713. The van der Waals surface area contributed by atoms with Crippen LogP contribution in [-0.2, 0) is 15.7 Å². The summed E-state index contributed by atoms with van der Waals surface area (Å²) in [6.45, 7) is 2.04. The molecule has 0 spiro atoms. The van der Waals surface area contributed by atoms with E-state index in [1.807, 2.05) is 0 Å². The van der Waals surface area contributed by atoms with Crippen LogP contribution in [0, 0.1) is 0 Å². The zero-order valence-corrected chi connectivity index (χ0v) is 16.2. The Bertz CT molecular complexity index is 830. The number of pyridine rings is 1. The highest BCUT2D eigenvalue weighted by atomic mass is 19.4. The Balaban J connectivity index is 1.39. The molecule has 3 aliphatic heterocycles. The van der Waals surface area contributed by atoms with Gasteiger partial charge in [0, 0.05) is 38.3 Å². The van der Waals surface area contributed by atoms with E-state index < -0.39 is 29.5 Å². The number of amides is 1. The van der Waals surface area contributed by atoms with E-state index >= 15 is 0 Å². The zero-order valence-electron chi connectivity index (χ0n) is 16.2. The lowest BCUT2D eigenvalue weighted by atomic mass is 9.94. The molecule has 0 bridgehead atoms. The number of halogens is 3. The fourth-order valence-corrected chi connectivity index (χ4v) is 3.97. The first-order chi connectivity index (χ1) is 14.2. The minimum Gasteiger partial charge on any atom is -0.381 e. The third-order valence-corrected chi connectivity index (χ3v) is 5.79. The number of nitrogens with zero attached hydrogens (tertiary/aromatic N) is 3. The lowest BCUT2D eigenvalue weighted by Crippen LogP contribution is -2.59.